The summed E-state index contributed by atoms with van der Waals surface area (Å²) in [4.78, 5) is 19.5. The predicted octanol–water partition coefficient (Wildman–Crippen LogP) is 2.43. The molecule has 144 valence electrons. The number of amides is 2. The fourth-order valence-electron chi connectivity index (χ4n) is 4.18. The second kappa shape index (κ2) is 9.38. The van der Waals surface area contributed by atoms with Crippen LogP contribution in [-0.2, 0) is 6.42 Å². The van der Waals surface area contributed by atoms with Crippen molar-refractivity contribution >= 4 is 6.03 Å². The molecule has 0 aromatic heterocycles. The number of carbonyl (C=O) groups excluding carboxylic acids is 1. The van der Waals surface area contributed by atoms with Gasteiger partial charge in [-0.2, -0.15) is 0 Å². The van der Waals surface area contributed by atoms with Crippen molar-refractivity contribution in [2.24, 2.45) is 0 Å². The lowest BCUT2D eigenvalue weighted by atomic mass is 10.1. The van der Waals surface area contributed by atoms with Gasteiger partial charge in [-0.1, -0.05) is 30.3 Å². The summed E-state index contributed by atoms with van der Waals surface area (Å²) in [7, 11) is 0. The number of urea groups is 1. The summed E-state index contributed by atoms with van der Waals surface area (Å²) in [6.07, 6.45) is 3.53. The maximum Gasteiger partial charge on any atom is 0.317 e. The van der Waals surface area contributed by atoms with Crippen LogP contribution in [-0.4, -0.2) is 78.6 Å². The molecular formula is C21H34N4O. The number of rotatable bonds is 6. The first-order chi connectivity index (χ1) is 12.6. The molecule has 3 rings (SSSR count). The smallest absolute Gasteiger partial charge is 0.317 e. The highest BCUT2D eigenvalue weighted by Gasteiger charge is 2.28. The monoisotopic (exact) mass is 358 g/mol. The fourth-order valence-corrected chi connectivity index (χ4v) is 4.18. The van der Waals surface area contributed by atoms with E-state index in [9.17, 15) is 4.79 Å². The van der Waals surface area contributed by atoms with Crippen molar-refractivity contribution in [3.63, 3.8) is 0 Å². The normalized spacial score (nSPS) is 22.1. The number of nitrogens with one attached hydrogen (secondary N) is 1. The third kappa shape index (κ3) is 5.21. The summed E-state index contributed by atoms with van der Waals surface area (Å²) in [5, 5.41) is 3.18. The van der Waals surface area contributed by atoms with Crippen molar-refractivity contribution < 1.29 is 4.79 Å². The van der Waals surface area contributed by atoms with Crippen LogP contribution in [0.3, 0.4) is 0 Å². The average molecular weight is 359 g/mol. The summed E-state index contributed by atoms with van der Waals surface area (Å²) in [6, 6.07) is 11.8. The molecule has 1 atom stereocenters. The topological polar surface area (TPSA) is 38.8 Å². The number of benzene rings is 1. The van der Waals surface area contributed by atoms with Crippen molar-refractivity contribution in [2.45, 2.75) is 45.2 Å². The van der Waals surface area contributed by atoms with Crippen LogP contribution in [0.2, 0.25) is 0 Å². The van der Waals surface area contributed by atoms with Crippen LogP contribution in [0.15, 0.2) is 30.3 Å². The maximum atomic E-state index is 12.5. The molecule has 1 aromatic rings. The molecule has 1 N–H and O–H groups in total. The van der Waals surface area contributed by atoms with E-state index in [1.165, 1.54) is 18.4 Å². The number of likely N-dealkylation sites (tertiary alicyclic amines) is 1. The van der Waals surface area contributed by atoms with Crippen molar-refractivity contribution in [3.8, 4) is 0 Å². The third-order valence-electron chi connectivity index (χ3n) is 5.79. The highest BCUT2D eigenvalue weighted by Crippen LogP contribution is 2.19. The highest BCUT2D eigenvalue weighted by molar-refractivity contribution is 5.74. The standard InChI is InChI=1S/C21H34N4O/c1-18(2)25-11-6-9-20(25)17-22-21(26)24-15-13-23(14-16-24)12-10-19-7-4-3-5-8-19/h3-5,7-8,18,20H,6,9-17H2,1-2H3,(H,22,26). The Morgan fingerprint density at radius 1 is 1.12 bits per heavy atom. The Kier molecular flexibility index (Phi) is 6.92. The minimum atomic E-state index is 0.114. The summed E-state index contributed by atoms with van der Waals surface area (Å²) < 4.78 is 0. The quantitative estimate of drug-likeness (QED) is 0.849. The molecular weight excluding hydrogens is 324 g/mol. The van der Waals surface area contributed by atoms with Crippen LogP contribution in [0.5, 0.6) is 0 Å². The lowest BCUT2D eigenvalue weighted by Gasteiger charge is -2.35. The molecule has 0 spiro atoms. The van der Waals surface area contributed by atoms with E-state index in [-0.39, 0.29) is 6.03 Å². The minimum absolute atomic E-state index is 0.114. The Morgan fingerprint density at radius 3 is 2.54 bits per heavy atom. The van der Waals surface area contributed by atoms with Gasteiger partial charge in [0.25, 0.3) is 0 Å². The maximum absolute atomic E-state index is 12.5. The molecule has 0 saturated carbocycles. The predicted molar refractivity (Wildman–Crippen MR) is 106 cm³/mol. The largest absolute Gasteiger partial charge is 0.336 e. The van der Waals surface area contributed by atoms with E-state index in [1.807, 2.05) is 4.90 Å². The Morgan fingerprint density at radius 2 is 1.85 bits per heavy atom. The van der Waals surface area contributed by atoms with Crippen LogP contribution >= 0.6 is 0 Å². The fraction of sp³-hybridized carbons (Fsp3) is 0.667. The van der Waals surface area contributed by atoms with Crippen LogP contribution in [0, 0.1) is 0 Å². The van der Waals surface area contributed by atoms with Gasteiger partial charge in [0.2, 0.25) is 0 Å². The molecule has 2 aliphatic rings. The van der Waals surface area contributed by atoms with Gasteiger partial charge in [-0.3, -0.25) is 9.80 Å². The van der Waals surface area contributed by atoms with Crippen LogP contribution in [0.25, 0.3) is 0 Å². The van der Waals surface area contributed by atoms with Crippen LogP contribution in [0.4, 0.5) is 4.79 Å². The molecule has 26 heavy (non-hydrogen) atoms. The highest BCUT2D eigenvalue weighted by atomic mass is 16.2. The molecule has 2 saturated heterocycles. The molecule has 5 nitrogen and oxygen atoms in total. The first-order valence-electron chi connectivity index (χ1n) is 10.2. The van der Waals surface area contributed by atoms with E-state index < -0.39 is 0 Å². The third-order valence-corrected chi connectivity index (χ3v) is 5.79. The number of hydrogen-bond donors (Lipinski definition) is 1. The summed E-state index contributed by atoms with van der Waals surface area (Å²) in [5.41, 5.74) is 1.39. The molecule has 2 fully saturated rings. The average Bonchev–Trinajstić information content (AvgIpc) is 3.15. The molecule has 2 heterocycles. The van der Waals surface area contributed by atoms with Gasteiger partial charge in [-0.25, -0.2) is 4.79 Å². The van der Waals surface area contributed by atoms with Crippen molar-refractivity contribution in [1.82, 2.24) is 20.0 Å². The molecule has 2 aliphatic heterocycles. The van der Waals surface area contributed by atoms with Gasteiger partial charge in [-0.15, -0.1) is 0 Å². The van der Waals surface area contributed by atoms with E-state index in [0.29, 0.717) is 12.1 Å². The minimum Gasteiger partial charge on any atom is -0.336 e. The molecule has 2 amide bonds. The van der Waals surface area contributed by atoms with Gasteiger partial charge in [0, 0.05) is 51.4 Å². The van der Waals surface area contributed by atoms with E-state index in [0.717, 1.165) is 52.2 Å². The molecule has 0 bridgehead atoms. The van der Waals surface area contributed by atoms with Crippen LogP contribution in [0.1, 0.15) is 32.3 Å². The first kappa shape index (κ1) is 19.2. The lowest BCUT2D eigenvalue weighted by Crippen LogP contribution is -2.53. The van der Waals surface area contributed by atoms with Crippen molar-refractivity contribution in [2.75, 3.05) is 45.8 Å². The zero-order chi connectivity index (χ0) is 18.4. The number of carbonyl (C=O) groups is 1. The van der Waals surface area contributed by atoms with E-state index in [1.54, 1.807) is 0 Å². The SMILES string of the molecule is CC(C)N1CCCC1CNC(=O)N1CCN(CCc2ccccc2)CC1. The summed E-state index contributed by atoms with van der Waals surface area (Å²) in [5.74, 6) is 0. The summed E-state index contributed by atoms with van der Waals surface area (Å²) >= 11 is 0. The molecule has 0 aliphatic carbocycles. The van der Waals surface area contributed by atoms with Crippen molar-refractivity contribution in [1.29, 1.82) is 0 Å². The number of piperazine rings is 1. The molecule has 0 radical (unpaired) electrons. The van der Waals surface area contributed by atoms with E-state index in [2.05, 4.69) is 59.3 Å². The van der Waals surface area contributed by atoms with Gasteiger partial charge in [-0.05, 0) is 45.2 Å². The Hall–Kier alpha value is -1.59. The van der Waals surface area contributed by atoms with E-state index >= 15 is 0 Å². The van der Waals surface area contributed by atoms with Gasteiger partial charge >= 0.3 is 6.03 Å². The van der Waals surface area contributed by atoms with Crippen LogP contribution < -0.4 is 5.32 Å². The zero-order valence-electron chi connectivity index (χ0n) is 16.4. The van der Waals surface area contributed by atoms with E-state index in [4.69, 9.17) is 0 Å². The van der Waals surface area contributed by atoms with Gasteiger partial charge in [0.05, 0.1) is 0 Å². The lowest BCUT2D eigenvalue weighted by molar-refractivity contribution is 0.136. The van der Waals surface area contributed by atoms with Gasteiger partial charge in [0.15, 0.2) is 0 Å². The Balaban J connectivity index is 1.35. The van der Waals surface area contributed by atoms with Gasteiger partial charge in [0.1, 0.15) is 0 Å². The van der Waals surface area contributed by atoms with Crippen molar-refractivity contribution in [3.05, 3.63) is 35.9 Å². The molecule has 1 aromatic carbocycles. The Labute approximate surface area is 158 Å². The van der Waals surface area contributed by atoms with Gasteiger partial charge < -0.3 is 10.2 Å². The number of nitrogens with zero attached hydrogens (tertiary/aromatic N) is 3. The summed E-state index contributed by atoms with van der Waals surface area (Å²) in [6.45, 7) is 11.1. The Bertz CT molecular complexity index is 554. The second-order valence-corrected chi connectivity index (χ2v) is 7.88. The molecule has 1 unspecified atom stereocenters. The molecule has 5 heteroatoms. The zero-order valence-corrected chi connectivity index (χ0v) is 16.4. The number of hydrogen-bond acceptors (Lipinski definition) is 3. The second-order valence-electron chi connectivity index (χ2n) is 7.88. The first-order valence-corrected chi connectivity index (χ1v) is 10.2.